The van der Waals surface area contributed by atoms with Gasteiger partial charge < -0.3 is 14.8 Å². The maximum absolute atomic E-state index is 12.9. The maximum Gasteiger partial charge on any atom is 0.265 e. The van der Waals surface area contributed by atoms with Crippen molar-refractivity contribution in [3.63, 3.8) is 0 Å². The minimum atomic E-state index is -0.786. The van der Waals surface area contributed by atoms with Crippen molar-refractivity contribution in [2.24, 2.45) is 0 Å². The van der Waals surface area contributed by atoms with E-state index < -0.39 is 6.04 Å². The van der Waals surface area contributed by atoms with E-state index in [1.54, 1.807) is 25.1 Å². The minimum Gasteiger partial charge on any atom is -0.485 e. The van der Waals surface area contributed by atoms with Crippen LogP contribution in [-0.2, 0) is 16.1 Å². The SMILES string of the molecule is Cc1ccc(OCC(=O)c2ccc3c(c2)N(C(C)C(=O)NCc2ccccc2)C(=O)CO3)cc1C. The van der Waals surface area contributed by atoms with Gasteiger partial charge >= 0.3 is 0 Å². The van der Waals surface area contributed by atoms with Crippen LogP contribution in [0.4, 0.5) is 5.69 Å². The minimum absolute atomic E-state index is 0.150. The van der Waals surface area contributed by atoms with Gasteiger partial charge in [0.25, 0.3) is 5.91 Å². The number of fused-ring (bicyclic) bond motifs is 1. The van der Waals surface area contributed by atoms with E-state index in [0.717, 1.165) is 16.7 Å². The molecule has 7 nitrogen and oxygen atoms in total. The predicted octanol–water partition coefficient (Wildman–Crippen LogP) is 4.00. The Morgan fingerprint density at radius 3 is 2.54 bits per heavy atom. The highest BCUT2D eigenvalue weighted by molar-refractivity contribution is 6.05. The third-order valence-electron chi connectivity index (χ3n) is 6.08. The van der Waals surface area contributed by atoms with Gasteiger partial charge in [-0.25, -0.2) is 0 Å². The largest absolute Gasteiger partial charge is 0.485 e. The van der Waals surface area contributed by atoms with E-state index in [1.807, 2.05) is 62.4 Å². The number of nitrogens with zero attached hydrogens (tertiary/aromatic N) is 1. The highest BCUT2D eigenvalue weighted by Gasteiger charge is 2.33. The summed E-state index contributed by atoms with van der Waals surface area (Å²) in [4.78, 5) is 39.9. The van der Waals surface area contributed by atoms with Crippen LogP contribution in [0.25, 0.3) is 0 Å². The number of carbonyl (C=O) groups excluding carboxylic acids is 3. The number of aryl methyl sites for hydroxylation is 2. The average Bonchev–Trinajstić information content (AvgIpc) is 2.87. The van der Waals surface area contributed by atoms with Crippen molar-refractivity contribution in [2.45, 2.75) is 33.4 Å². The Hall–Kier alpha value is -4.13. The second-order valence-electron chi connectivity index (χ2n) is 8.57. The van der Waals surface area contributed by atoms with E-state index in [1.165, 1.54) is 4.90 Å². The molecule has 7 heteroatoms. The number of nitrogens with one attached hydrogen (secondary N) is 1. The standard InChI is InChI=1S/C28H28N2O5/c1-18-9-11-23(13-19(18)2)34-16-25(31)22-10-12-26-24(14-22)30(27(32)17-35-26)20(3)28(33)29-15-21-7-5-4-6-8-21/h4-14,20H,15-17H2,1-3H3,(H,29,33). The second kappa shape index (κ2) is 10.4. The summed E-state index contributed by atoms with van der Waals surface area (Å²) < 4.78 is 11.2. The van der Waals surface area contributed by atoms with E-state index in [0.29, 0.717) is 29.3 Å². The highest BCUT2D eigenvalue weighted by Crippen LogP contribution is 2.34. The van der Waals surface area contributed by atoms with Gasteiger partial charge in [-0.05, 0) is 67.8 Å². The summed E-state index contributed by atoms with van der Waals surface area (Å²) in [7, 11) is 0. The van der Waals surface area contributed by atoms with E-state index in [2.05, 4.69) is 5.32 Å². The molecule has 3 aromatic carbocycles. The molecule has 3 aromatic rings. The molecule has 1 unspecified atom stereocenters. The third kappa shape index (κ3) is 5.51. The van der Waals surface area contributed by atoms with Crippen molar-refractivity contribution in [1.29, 1.82) is 0 Å². The van der Waals surface area contributed by atoms with E-state index in [9.17, 15) is 14.4 Å². The molecule has 35 heavy (non-hydrogen) atoms. The zero-order valence-corrected chi connectivity index (χ0v) is 20.0. The molecule has 0 aromatic heterocycles. The first-order chi connectivity index (χ1) is 16.8. The quantitative estimate of drug-likeness (QED) is 0.501. The monoisotopic (exact) mass is 472 g/mol. The molecule has 0 bridgehead atoms. The number of benzene rings is 3. The number of hydrogen-bond acceptors (Lipinski definition) is 5. The Morgan fingerprint density at radius 2 is 1.80 bits per heavy atom. The van der Waals surface area contributed by atoms with Gasteiger partial charge in [0.2, 0.25) is 5.91 Å². The third-order valence-corrected chi connectivity index (χ3v) is 6.08. The molecule has 4 rings (SSSR count). The lowest BCUT2D eigenvalue weighted by atomic mass is 10.1. The lowest BCUT2D eigenvalue weighted by molar-refractivity contribution is -0.127. The van der Waals surface area contributed by atoms with Crippen molar-refractivity contribution in [3.05, 3.63) is 89.0 Å². The molecule has 1 aliphatic heterocycles. The van der Waals surface area contributed by atoms with Gasteiger partial charge in [0.05, 0.1) is 5.69 Å². The fourth-order valence-electron chi connectivity index (χ4n) is 3.86. The van der Waals surface area contributed by atoms with Crippen LogP contribution in [0.1, 0.15) is 34.0 Å². The maximum atomic E-state index is 12.9. The zero-order valence-electron chi connectivity index (χ0n) is 20.0. The first-order valence-electron chi connectivity index (χ1n) is 11.5. The fourth-order valence-corrected chi connectivity index (χ4v) is 3.86. The summed E-state index contributed by atoms with van der Waals surface area (Å²) in [5, 5.41) is 2.87. The summed E-state index contributed by atoms with van der Waals surface area (Å²) in [6.45, 7) is 5.68. The van der Waals surface area contributed by atoms with Gasteiger partial charge in [-0.2, -0.15) is 0 Å². The van der Waals surface area contributed by atoms with Gasteiger partial charge in [-0.1, -0.05) is 36.4 Å². The summed E-state index contributed by atoms with van der Waals surface area (Å²) in [5.41, 5.74) is 3.94. The molecule has 0 spiro atoms. The van der Waals surface area contributed by atoms with Crippen LogP contribution in [0.15, 0.2) is 66.7 Å². The first kappa shape index (κ1) is 24.0. The molecule has 1 N–H and O–H groups in total. The molecule has 1 aliphatic rings. The second-order valence-corrected chi connectivity index (χ2v) is 8.57. The van der Waals surface area contributed by atoms with Gasteiger partial charge in [-0.15, -0.1) is 0 Å². The molecule has 0 aliphatic carbocycles. The normalized spacial score (nSPS) is 13.5. The number of hydrogen-bond donors (Lipinski definition) is 1. The van der Waals surface area contributed by atoms with E-state index in [4.69, 9.17) is 9.47 Å². The number of amides is 2. The Labute approximate surface area is 204 Å². The molecule has 2 amide bonds. The molecule has 0 saturated heterocycles. The number of rotatable bonds is 8. The Bertz CT molecular complexity index is 1260. The number of ketones is 1. The molecule has 1 heterocycles. The van der Waals surface area contributed by atoms with Crippen LogP contribution in [0.5, 0.6) is 11.5 Å². The number of ether oxygens (including phenoxy) is 2. The molecular formula is C28H28N2O5. The van der Waals surface area contributed by atoms with Crippen molar-refractivity contribution >= 4 is 23.3 Å². The van der Waals surface area contributed by atoms with Crippen LogP contribution < -0.4 is 19.7 Å². The van der Waals surface area contributed by atoms with Crippen LogP contribution in [-0.4, -0.2) is 36.9 Å². The molecule has 0 saturated carbocycles. The van der Waals surface area contributed by atoms with Gasteiger partial charge in [0, 0.05) is 12.1 Å². The number of Topliss-reactive ketones (excluding diaryl/α,β-unsaturated/α-hetero) is 1. The fraction of sp³-hybridized carbons (Fsp3) is 0.250. The summed E-state index contributed by atoms with van der Waals surface area (Å²) in [6.07, 6.45) is 0. The highest BCUT2D eigenvalue weighted by atomic mass is 16.5. The Balaban J connectivity index is 1.48. The van der Waals surface area contributed by atoms with Crippen LogP contribution in [0.2, 0.25) is 0 Å². The molecule has 180 valence electrons. The van der Waals surface area contributed by atoms with E-state index in [-0.39, 0.29) is 30.8 Å². The van der Waals surface area contributed by atoms with Gasteiger partial charge in [-0.3, -0.25) is 19.3 Å². The number of anilines is 1. The summed E-state index contributed by atoms with van der Waals surface area (Å²) >= 11 is 0. The Kier molecular flexibility index (Phi) is 7.15. The van der Waals surface area contributed by atoms with E-state index >= 15 is 0 Å². The van der Waals surface area contributed by atoms with Crippen LogP contribution in [0, 0.1) is 13.8 Å². The molecule has 0 fully saturated rings. The topological polar surface area (TPSA) is 84.9 Å². The zero-order chi connectivity index (χ0) is 24.9. The molecule has 0 radical (unpaired) electrons. The van der Waals surface area contributed by atoms with Gasteiger partial charge in [0.15, 0.2) is 19.0 Å². The number of carbonyl (C=O) groups is 3. The average molecular weight is 473 g/mol. The van der Waals surface area contributed by atoms with Crippen molar-refractivity contribution < 1.29 is 23.9 Å². The lowest BCUT2D eigenvalue weighted by Gasteiger charge is -2.33. The van der Waals surface area contributed by atoms with Crippen molar-refractivity contribution in [3.8, 4) is 11.5 Å². The Morgan fingerprint density at radius 1 is 1.03 bits per heavy atom. The lowest BCUT2D eigenvalue weighted by Crippen LogP contribution is -2.51. The smallest absolute Gasteiger partial charge is 0.265 e. The van der Waals surface area contributed by atoms with Gasteiger partial charge in [0.1, 0.15) is 17.5 Å². The predicted molar refractivity (Wildman–Crippen MR) is 133 cm³/mol. The molecule has 1 atom stereocenters. The first-order valence-corrected chi connectivity index (χ1v) is 11.5. The van der Waals surface area contributed by atoms with Crippen molar-refractivity contribution in [2.75, 3.05) is 18.1 Å². The summed E-state index contributed by atoms with van der Waals surface area (Å²) in [5.74, 6) is 0.160. The van der Waals surface area contributed by atoms with Crippen LogP contribution >= 0.6 is 0 Å². The summed E-state index contributed by atoms with van der Waals surface area (Å²) in [6, 6.07) is 19.3. The molecular weight excluding hydrogens is 444 g/mol. The van der Waals surface area contributed by atoms with Crippen molar-refractivity contribution in [1.82, 2.24) is 5.32 Å². The van der Waals surface area contributed by atoms with Crippen LogP contribution in [0.3, 0.4) is 0 Å².